The molecule has 0 aliphatic carbocycles. The van der Waals surface area contributed by atoms with E-state index in [2.05, 4.69) is 37.0 Å². The van der Waals surface area contributed by atoms with E-state index in [0.717, 1.165) is 12.8 Å². The summed E-state index contributed by atoms with van der Waals surface area (Å²) >= 11 is 0. The second kappa shape index (κ2) is 5.15. The topological polar surface area (TPSA) is 43.8 Å². The predicted molar refractivity (Wildman–Crippen MR) is 70.3 cm³/mol. The monoisotopic (exact) mass is 229 g/mol. The molecule has 0 spiro atoms. The van der Waals surface area contributed by atoms with Crippen molar-refractivity contribution in [3.05, 3.63) is 48.0 Å². The van der Waals surface area contributed by atoms with Gasteiger partial charge in [0.2, 0.25) is 0 Å². The van der Waals surface area contributed by atoms with Crippen molar-refractivity contribution in [2.75, 3.05) is 0 Å². The molecule has 0 saturated heterocycles. The molecule has 1 aromatic heterocycles. The molecular weight excluding hydrogens is 210 g/mol. The summed E-state index contributed by atoms with van der Waals surface area (Å²) in [6.45, 7) is 4.23. The second-order valence-corrected chi connectivity index (χ2v) is 4.47. The van der Waals surface area contributed by atoms with Crippen molar-refractivity contribution in [2.45, 2.75) is 32.7 Å². The number of nitrogens with two attached hydrogens (primary N) is 1. The summed E-state index contributed by atoms with van der Waals surface area (Å²) in [7, 11) is 0. The molecule has 1 aromatic carbocycles. The molecule has 1 heterocycles. The molecule has 3 nitrogen and oxygen atoms in total. The Labute approximate surface area is 102 Å². The SMILES string of the molecule is CCC(N)Cc1cc(C)ccc1-n1ccnc1. The molecule has 0 bridgehead atoms. The minimum atomic E-state index is 0.221. The number of nitrogens with zero attached hydrogens (tertiary/aromatic N) is 2. The van der Waals surface area contributed by atoms with E-state index in [1.807, 2.05) is 17.1 Å². The van der Waals surface area contributed by atoms with Crippen molar-refractivity contribution >= 4 is 0 Å². The fourth-order valence-corrected chi connectivity index (χ4v) is 1.96. The van der Waals surface area contributed by atoms with Gasteiger partial charge in [-0.15, -0.1) is 0 Å². The van der Waals surface area contributed by atoms with Gasteiger partial charge in [0.15, 0.2) is 0 Å². The Morgan fingerprint density at radius 3 is 2.88 bits per heavy atom. The fourth-order valence-electron chi connectivity index (χ4n) is 1.96. The average molecular weight is 229 g/mol. The van der Waals surface area contributed by atoms with Crippen LogP contribution < -0.4 is 5.73 Å². The van der Waals surface area contributed by atoms with Crippen LogP contribution in [0.1, 0.15) is 24.5 Å². The largest absolute Gasteiger partial charge is 0.327 e. The van der Waals surface area contributed by atoms with Gasteiger partial charge in [-0.25, -0.2) is 4.98 Å². The van der Waals surface area contributed by atoms with Crippen LogP contribution in [0.3, 0.4) is 0 Å². The number of rotatable bonds is 4. The second-order valence-electron chi connectivity index (χ2n) is 4.47. The summed E-state index contributed by atoms with van der Waals surface area (Å²) in [5.41, 5.74) is 9.79. The zero-order valence-electron chi connectivity index (χ0n) is 10.4. The van der Waals surface area contributed by atoms with Gasteiger partial charge in [0.1, 0.15) is 0 Å². The molecule has 17 heavy (non-hydrogen) atoms. The molecule has 0 amide bonds. The van der Waals surface area contributed by atoms with Crippen LogP contribution in [0.2, 0.25) is 0 Å². The van der Waals surface area contributed by atoms with Gasteiger partial charge in [-0.2, -0.15) is 0 Å². The third kappa shape index (κ3) is 2.74. The Morgan fingerprint density at radius 1 is 1.41 bits per heavy atom. The number of hydrogen-bond acceptors (Lipinski definition) is 2. The number of aryl methyl sites for hydroxylation is 1. The average Bonchev–Trinajstić information content (AvgIpc) is 2.82. The summed E-state index contributed by atoms with van der Waals surface area (Å²) in [6, 6.07) is 6.69. The van der Waals surface area contributed by atoms with E-state index >= 15 is 0 Å². The van der Waals surface area contributed by atoms with Crippen molar-refractivity contribution in [3.63, 3.8) is 0 Å². The van der Waals surface area contributed by atoms with Crippen LogP contribution in [-0.4, -0.2) is 15.6 Å². The summed E-state index contributed by atoms with van der Waals surface area (Å²) in [5, 5.41) is 0. The molecule has 0 fully saturated rings. The van der Waals surface area contributed by atoms with Crippen molar-refractivity contribution in [2.24, 2.45) is 5.73 Å². The summed E-state index contributed by atoms with van der Waals surface area (Å²) in [4.78, 5) is 4.09. The zero-order chi connectivity index (χ0) is 12.3. The number of imidazole rings is 1. The third-order valence-electron chi connectivity index (χ3n) is 3.02. The molecule has 1 atom stereocenters. The summed E-state index contributed by atoms with van der Waals surface area (Å²) in [5.74, 6) is 0. The highest BCUT2D eigenvalue weighted by atomic mass is 15.0. The highest BCUT2D eigenvalue weighted by Crippen LogP contribution is 2.18. The molecule has 2 rings (SSSR count). The van der Waals surface area contributed by atoms with Crippen LogP contribution in [-0.2, 0) is 6.42 Å². The maximum Gasteiger partial charge on any atom is 0.0991 e. The molecule has 1 unspecified atom stereocenters. The summed E-state index contributed by atoms with van der Waals surface area (Å²) in [6.07, 6.45) is 7.49. The Balaban J connectivity index is 2.38. The van der Waals surface area contributed by atoms with Crippen molar-refractivity contribution in [3.8, 4) is 5.69 Å². The first kappa shape index (κ1) is 11.9. The molecule has 0 aliphatic heterocycles. The van der Waals surface area contributed by atoms with Gasteiger partial charge in [-0.1, -0.05) is 24.6 Å². The lowest BCUT2D eigenvalue weighted by Gasteiger charge is -2.14. The third-order valence-corrected chi connectivity index (χ3v) is 3.02. The van der Waals surface area contributed by atoms with Crippen LogP contribution >= 0.6 is 0 Å². The standard InChI is InChI=1S/C14H19N3/c1-3-13(15)9-12-8-11(2)4-5-14(12)17-7-6-16-10-17/h4-8,10,13H,3,9,15H2,1-2H3. The quantitative estimate of drug-likeness (QED) is 0.875. The Kier molecular flexibility index (Phi) is 3.59. The van der Waals surface area contributed by atoms with E-state index in [1.54, 1.807) is 6.20 Å². The lowest BCUT2D eigenvalue weighted by Crippen LogP contribution is -2.22. The Bertz CT molecular complexity index is 474. The van der Waals surface area contributed by atoms with Crippen molar-refractivity contribution < 1.29 is 0 Å². The van der Waals surface area contributed by atoms with Gasteiger partial charge in [-0.05, 0) is 31.4 Å². The molecule has 2 aromatic rings. The maximum absolute atomic E-state index is 6.05. The predicted octanol–water partition coefficient (Wildman–Crippen LogP) is 2.46. The van der Waals surface area contributed by atoms with E-state index in [1.165, 1.54) is 16.8 Å². The van der Waals surface area contributed by atoms with Gasteiger partial charge in [0.05, 0.1) is 6.33 Å². The highest BCUT2D eigenvalue weighted by molar-refractivity contribution is 5.43. The number of aromatic nitrogens is 2. The number of hydrogen-bond donors (Lipinski definition) is 1. The van der Waals surface area contributed by atoms with Crippen LogP contribution in [0.25, 0.3) is 5.69 Å². The van der Waals surface area contributed by atoms with Gasteiger partial charge in [-0.3, -0.25) is 0 Å². The Hall–Kier alpha value is -1.61. The van der Waals surface area contributed by atoms with Gasteiger partial charge in [0, 0.05) is 24.1 Å². The Morgan fingerprint density at radius 2 is 2.24 bits per heavy atom. The maximum atomic E-state index is 6.05. The van der Waals surface area contributed by atoms with Crippen LogP contribution in [0, 0.1) is 6.92 Å². The molecule has 0 radical (unpaired) electrons. The van der Waals surface area contributed by atoms with E-state index in [4.69, 9.17) is 5.73 Å². The molecule has 3 heteroatoms. The normalized spacial score (nSPS) is 12.6. The van der Waals surface area contributed by atoms with E-state index < -0.39 is 0 Å². The smallest absolute Gasteiger partial charge is 0.0991 e. The van der Waals surface area contributed by atoms with Crippen LogP contribution in [0.15, 0.2) is 36.9 Å². The fraction of sp³-hybridized carbons (Fsp3) is 0.357. The van der Waals surface area contributed by atoms with E-state index in [-0.39, 0.29) is 6.04 Å². The van der Waals surface area contributed by atoms with Crippen molar-refractivity contribution in [1.29, 1.82) is 0 Å². The first-order chi connectivity index (χ1) is 8.20. The van der Waals surface area contributed by atoms with E-state index in [0.29, 0.717) is 0 Å². The van der Waals surface area contributed by atoms with Crippen LogP contribution in [0.5, 0.6) is 0 Å². The first-order valence-corrected chi connectivity index (χ1v) is 6.04. The molecule has 0 saturated carbocycles. The van der Waals surface area contributed by atoms with Crippen LogP contribution in [0.4, 0.5) is 0 Å². The van der Waals surface area contributed by atoms with E-state index in [9.17, 15) is 0 Å². The molecule has 90 valence electrons. The lowest BCUT2D eigenvalue weighted by molar-refractivity contribution is 0.644. The minimum Gasteiger partial charge on any atom is -0.327 e. The minimum absolute atomic E-state index is 0.221. The summed E-state index contributed by atoms with van der Waals surface area (Å²) < 4.78 is 2.04. The zero-order valence-corrected chi connectivity index (χ0v) is 10.4. The lowest BCUT2D eigenvalue weighted by atomic mass is 10.0. The van der Waals surface area contributed by atoms with Crippen molar-refractivity contribution in [1.82, 2.24) is 9.55 Å². The van der Waals surface area contributed by atoms with Gasteiger partial charge >= 0.3 is 0 Å². The first-order valence-electron chi connectivity index (χ1n) is 6.04. The highest BCUT2D eigenvalue weighted by Gasteiger charge is 2.08. The molecular formula is C14H19N3. The van der Waals surface area contributed by atoms with Gasteiger partial charge < -0.3 is 10.3 Å². The molecule has 2 N–H and O–H groups in total. The number of benzene rings is 1. The molecule has 0 aliphatic rings. The van der Waals surface area contributed by atoms with Gasteiger partial charge in [0.25, 0.3) is 0 Å².